The molecule has 3 aromatic rings. The second-order valence-corrected chi connectivity index (χ2v) is 8.16. The van der Waals surface area contributed by atoms with Crippen molar-refractivity contribution in [3.05, 3.63) is 114 Å². The molecule has 0 heterocycles. The van der Waals surface area contributed by atoms with Gasteiger partial charge in [0.15, 0.2) is 0 Å². The molecule has 0 aliphatic heterocycles. The maximum Gasteiger partial charge on any atom is 0.343 e. The van der Waals surface area contributed by atoms with Crippen LogP contribution in [0.25, 0.3) is 0 Å². The van der Waals surface area contributed by atoms with Crippen molar-refractivity contribution in [1.82, 2.24) is 0 Å². The van der Waals surface area contributed by atoms with Gasteiger partial charge in [0.2, 0.25) is 13.6 Å². The molecule has 0 spiro atoms. The summed E-state index contributed by atoms with van der Waals surface area (Å²) in [7, 11) is 0. The second-order valence-electron chi connectivity index (χ2n) is 8.16. The number of carbonyl (C=O) groups is 3. The molecule has 0 N–H and O–H groups in total. The molecule has 8 nitrogen and oxygen atoms in total. The molecule has 198 valence electrons. The molecule has 0 saturated carbocycles. The fraction of sp³-hybridized carbons (Fsp3) is 0.129. The number of benzene rings is 3. The van der Waals surface area contributed by atoms with E-state index in [1.165, 1.54) is 0 Å². The summed E-state index contributed by atoms with van der Waals surface area (Å²) in [4.78, 5) is 35.2. The van der Waals surface area contributed by atoms with Gasteiger partial charge in [-0.1, -0.05) is 25.0 Å². The summed E-state index contributed by atoms with van der Waals surface area (Å²) >= 11 is 0. The van der Waals surface area contributed by atoms with Crippen LogP contribution in [0.4, 0.5) is 0 Å². The van der Waals surface area contributed by atoms with E-state index in [4.69, 9.17) is 23.7 Å². The summed E-state index contributed by atoms with van der Waals surface area (Å²) in [5.74, 6) is 5.79. The van der Waals surface area contributed by atoms with Gasteiger partial charge in [0.1, 0.15) is 17.2 Å². The van der Waals surface area contributed by atoms with E-state index in [0.717, 1.165) is 5.56 Å². The van der Waals surface area contributed by atoms with Crippen molar-refractivity contribution in [2.24, 2.45) is 0 Å². The van der Waals surface area contributed by atoms with Crippen LogP contribution in [0.15, 0.2) is 97.1 Å². The molecule has 0 aromatic heterocycles. The van der Waals surface area contributed by atoms with Gasteiger partial charge in [-0.15, -0.1) is 0 Å². The molecular formula is C31H26O8. The molecular weight excluding hydrogens is 500 g/mol. The summed E-state index contributed by atoms with van der Waals surface area (Å²) in [6, 6.07) is 20.0. The minimum Gasteiger partial charge on any atom is -0.457 e. The highest BCUT2D eigenvalue weighted by atomic mass is 16.7. The maximum absolute atomic E-state index is 12.5. The molecule has 0 aliphatic carbocycles. The molecule has 39 heavy (non-hydrogen) atoms. The Bertz CT molecular complexity index is 1410. The molecule has 0 bridgehead atoms. The molecule has 3 aromatic carbocycles. The van der Waals surface area contributed by atoms with E-state index in [1.54, 1.807) is 86.6 Å². The zero-order chi connectivity index (χ0) is 28.2. The van der Waals surface area contributed by atoms with Gasteiger partial charge in [0.25, 0.3) is 0 Å². The van der Waals surface area contributed by atoms with Gasteiger partial charge >= 0.3 is 17.9 Å². The zero-order valence-corrected chi connectivity index (χ0v) is 21.5. The second kappa shape index (κ2) is 13.9. The van der Waals surface area contributed by atoms with Gasteiger partial charge in [-0.25, -0.2) is 14.4 Å². The number of esters is 3. The smallest absolute Gasteiger partial charge is 0.343 e. The van der Waals surface area contributed by atoms with Crippen molar-refractivity contribution in [3.63, 3.8) is 0 Å². The fourth-order valence-corrected chi connectivity index (χ4v) is 2.79. The highest BCUT2D eigenvalue weighted by Gasteiger charge is 2.09. The minimum atomic E-state index is -0.543. The van der Waals surface area contributed by atoms with Crippen molar-refractivity contribution >= 4 is 17.9 Å². The standard InChI is InChI=1S/C31H26O8/c1-21(2)29(32)37-19-35-26-13-9-24(10-14-26)6-5-23-7-11-25(12-8-23)31(34)39-28-17-15-27(16-18-28)36-20-38-30(33)22(3)4/h7-18H,1,3,19-20H2,2,4H3. The monoisotopic (exact) mass is 526 g/mol. The molecule has 0 radical (unpaired) electrons. The van der Waals surface area contributed by atoms with E-state index >= 15 is 0 Å². The number of hydrogen-bond acceptors (Lipinski definition) is 8. The Kier molecular flexibility index (Phi) is 10.1. The Morgan fingerprint density at radius 2 is 1.00 bits per heavy atom. The third-order valence-electron chi connectivity index (χ3n) is 4.89. The van der Waals surface area contributed by atoms with Crippen molar-refractivity contribution in [1.29, 1.82) is 0 Å². The van der Waals surface area contributed by atoms with Crippen molar-refractivity contribution in [3.8, 4) is 29.1 Å². The molecule has 0 fully saturated rings. The number of ether oxygens (including phenoxy) is 5. The molecule has 0 aliphatic rings. The lowest BCUT2D eigenvalue weighted by atomic mass is 10.1. The van der Waals surface area contributed by atoms with Crippen LogP contribution >= 0.6 is 0 Å². The summed E-state index contributed by atoms with van der Waals surface area (Å²) in [5, 5.41) is 0. The third kappa shape index (κ3) is 9.26. The first-order valence-electron chi connectivity index (χ1n) is 11.7. The van der Waals surface area contributed by atoms with E-state index in [2.05, 4.69) is 25.0 Å². The topological polar surface area (TPSA) is 97.4 Å². The lowest BCUT2D eigenvalue weighted by molar-refractivity contribution is -0.146. The quantitative estimate of drug-likeness (QED) is 0.117. The Hall–Kier alpha value is -5.29. The SMILES string of the molecule is C=C(C)C(=O)OCOc1ccc(C#Cc2ccc(C(=O)Oc3ccc(OCOC(=O)C(=C)C)cc3)cc2)cc1. The van der Waals surface area contributed by atoms with Gasteiger partial charge in [-0.3, -0.25) is 0 Å². The van der Waals surface area contributed by atoms with Crippen molar-refractivity contribution in [2.45, 2.75) is 13.8 Å². The van der Waals surface area contributed by atoms with E-state index in [0.29, 0.717) is 33.9 Å². The Labute approximate surface area is 226 Å². The minimum absolute atomic E-state index is 0.208. The van der Waals surface area contributed by atoms with Gasteiger partial charge in [-0.2, -0.15) is 0 Å². The van der Waals surface area contributed by atoms with E-state index < -0.39 is 17.9 Å². The van der Waals surface area contributed by atoms with Crippen LogP contribution in [0.5, 0.6) is 17.2 Å². The van der Waals surface area contributed by atoms with Crippen LogP contribution in [0.1, 0.15) is 35.3 Å². The van der Waals surface area contributed by atoms with Crippen LogP contribution in [0.3, 0.4) is 0 Å². The lowest BCUT2D eigenvalue weighted by Gasteiger charge is -2.08. The number of carbonyl (C=O) groups excluding carboxylic acids is 3. The van der Waals surface area contributed by atoms with Crippen molar-refractivity contribution in [2.75, 3.05) is 13.6 Å². The number of hydrogen-bond donors (Lipinski definition) is 0. The molecule has 3 rings (SSSR count). The lowest BCUT2D eigenvalue weighted by Crippen LogP contribution is -2.11. The maximum atomic E-state index is 12.5. The largest absolute Gasteiger partial charge is 0.457 e. The molecule has 8 heteroatoms. The molecule has 0 unspecified atom stereocenters. The predicted octanol–water partition coefficient (Wildman–Crippen LogP) is 5.22. The van der Waals surface area contributed by atoms with Crippen LogP contribution in [0, 0.1) is 11.8 Å². The Balaban J connectivity index is 1.48. The summed E-state index contributed by atoms with van der Waals surface area (Å²) < 4.78 is 25.8. The average molecular weight is 527 g/mol. The predicted molar refractivity (Wildman–Crippen MR) is 143 cm³/mol. The Morgan fingerprint density at radius 1 is 0.615 bits per heavy atom. The first-order valence-corrected chi connectivity index (χ1v) is 11.7. The van der Waals surface area contributed by atoms with Crippen LogP contribution in [-0.2, 0) is 19.1 Å². The molecule has 0 atom stereocenters. The highest BCUT2D eigenvalue weighted by Crippen LogP contribution is 2.19. The Morgan fingerprint density at radius 3 is 1.44 bits per heavy atom. The van der Waals surface area contributed by atoms with Gasteiger partial charge < -0.3 is 23.7 Å². The van der Waals surface area contributed by atoms with Crippen LogP contribution in [0.2, 0.25) is 0 Å². The molecule has 0 saturated heterocycles. The van der Waals surface area contributed by atoms with E-state index in [9.17, 15) is 14.4 Å². The first-order chi connectivity index (χ1) is 18.7. The average Bonchev–Trinajstić information content (AvgIpc) is 2.93. The van der Waals surface area contributed by atoms with Crippen LogP contribution < -0.4 is 14.2 Å². The summed E-state index contributed by atoms with van der Waals surface area (Å²) in [6.07, 6.45) is 0. The normalized spacial score (nSPS) is 9.79. The fourth-order valence-electron chi connectivity index (χ4n) is 2.79. The van der Waals surface area contributed by atoms with E-state index in [1.807, 2.05) is 0 Å². The summed E-state index contributed by atoms with van der Waals surface area (Å²) in [5.41, 5.74) is 2.41. The number of rotatable bonds is 10. The van der Waals surface area contributed by atoms with E-state index in [-0.39, 0.29) is 19.2 Å². The zero-order valence-electron chi connectivity index (χ0n) is 21.5. The van der Waals surface area contributed by atoms with Crippen LogP contribution in [-0.4, -0.2) is 31.5 Å². The van der Waals surface area contributed by atoms with Gasteiger partial charge in [0.05, 0.1) is 5.56 Å². The van der Waals surface area contributed by atoms with Crippen molar-refractivity contribution < 1.29 is 38.1 Å². The third-order valence-corrected chi connectivity index (χ3v) is 4.89. The molecule has 0 amide bonds. The first kappa shape index (κ1) is 28.3. The summed E-state index contributed by atoms with van der Waals surface area (Å²) in [6.45, 7) is 9.62. The van der Waals surface area contributed by atoms with Gasteiger partial charge in [-0.05, 0) is 86.6 Å². The van der Waals surface area contributed by atoms with Gasteiger partial charge in [0, 0.05) is 22.3 Å². The highest BCUT2D eigenvalue weighted by molar-refractivity contribution is 5.91.